The lowest BCUT2D eigenvalue weighted by Gasteiger charge is -2.17. The summed E-state index contributed by atoms with van der Waals surface area (Å²) in [5.74, 6) is -0.411. The summed E-state index contributed by atoms with van der Waals surface area (Å²) in [7, 11) is 0. The summed E-state index contributed by atoms with van der Waals surface area (Å²) in [5, 5.41) is 14.3. The molecule has 1 atom stereocenters. The van der Waals surface area contributed by atoms with Crippen LogP contribution < -0.4 is 16.0 Å². The minimum absolute atomic E-state index is 0.0532. The molecule has 0 bridgehead atoms. The van der Waals surface area contributed by atoms with Crippen LogP contribution in [0.15, 0.2) is 24.4 Å². The number of amides is 1. The monoisotopic (exact) mass is 382 g/mol. The smallest absolute Gasteiger partial charge is 0.329 e. The number of benzene rings is 1. The van der Waals surface area contributed by atoms with Crippen molar-refractivity contribution in [2.24, 2.45) is 0 Å². The number of rotatable bonds is 4. The molecule has 1 aliphatic heterocycles. The number of carbonyl (C=O) groups excluding carboxylic acids is 1. The summed E-state index contributed by atoms with van der Waals surface area (Å²) in [6.07, 6.45) is 1.50. The summed E-state index contributed by atoms with van der Waals surface area (Å²) in [4.78, 5) is 31.8. The van der Waals surface area contributed by atoms with Crippen molar-refractivity contribution in [3.05, 3.63) is 44.6 Å². The zero-order valence-corrected chi connectivity index (χ0v) is 14.2. The van der Waals surface area contributed by atoms with Crippen molar-refractivity contribution in [3.63, 3.8) is 0 Å². The molecule has 0 radical (unpaired) electrons. The summed E-state index contributed by atoms with van der Waals surface area (Å²) >= 11 is 11.9. The van der Waals surface area contributed by atoms with Crippen LogP contribution in [0.1, 0.15) is 6.42 Å². The van der Waals surface area contributed by atoms with E-state index in [4.69, 9.17) is 28.9 Å². The molecule has 0 saturated carbocycles. The summed E-state index contributed by atoms with van der Waals surface area (Å²) in [6.45, 7) is 0.469. The lowest BCUT2D eigenvalue weighted by atomic mass is 10.2. The van der Waals surface area contributed by atoms with Gasteiger partial charge in [-0.05, 0) is 24.6 Å². The lowest BCUT2D eigenvalue weighted by molar-refractivity contribution is -0.384. The van der Waals surface area contributed by atoms with E-state index in [1.54, 1.807) is 23.1 Å². The van der Waals surface area contributed by atoms with Crippen molar-refractivity contribution in [1.29, 1.82) is 0 Å². The van der Waals surface area contributed by atoms with Crippen LogP contribution in [0.2, 0.25) is 10.0 Å². The lowest BCUT2D eigenvalue weighted by Crippen LogP contribution is -2.34. The molecular weight excluding hydrogens is 371 g/mol. The average Bonchev–Trinajstić information content (AvgIpc) is 2.91. The van der Waals surface area contributed by atoms with Gasteiger partial charge >= 0.3 is 5.69 Å². The van der Waals surface area contributed by atoms with Gasteiger partial charge in [-0.2, -0.15) is 4.98 Å². The minimum Gasteiger partial charge on any atom is -0.378 e. The SMILES string of the molecule is Nc1nc(NC2CCN(c3ccc(Cl)c(Cl)c3)C2=O)ncc1[N+](=O)[O-]. The molecule has 0 spiro atoms. The van der Waals surface area contributed by atoms with Crippen LogP contribution in [0, 0.1) is 10.1 Å². The molecule has 1 saturated heterocycles. The van der Waals surface area contributed by atoms with Gasteiger partial charge in [-0.1, -0.05) is 23.2 Å². The molecular formula is C14H12Cl2N6O3. The summed E-state index contributed by atoms with van der Waals surface area (Å²) in [6, 6.07) is 4.36. The Morgan fingerprint density at radius 3 is 2.76 bits per heavy atom. The van der Waals surface area contributed by atoms with Crippen LogP contribution in [0.5, 0.6) is 0 Å². The molecule has 3 N–H and O–H groups in total. The number of nitrogens with zero attached hydrogens (tertiary/aromatic N) is 4. The molecule has 1 fully saturated rings. The first-order valence-corrected chi connectivity index (χ1v) is 7.92. The maximum atomic E-state index is 12.6. The van der Waals surface area contributed by atoms with Crippen LogP contribution in [0.3, 0.4) is 0 Å². The van der Waals surface area contributed by atoms with Gasteiger partial charge in [0.25, 0.3) is 0 Å². The molecule has 11 heteroatoms. The highest BCUT2D eigenvalue weighted by molar-refractivity contribution is 6.42. The first-order chi connectivity index (χ1) is 11.9. The van der Waals surface area contributed by atoms with Crippen molar-refractivity contribution in [2.75, 3.05) is 22.5 Å². The molecule has 130 valence electrons. The van der Waals surface area contributed by atoms with Crippen LogP contribution in [-0.4, -0.2) is 33.4 Å². The Bertz CT molecular complexity index is 862. The van der Waals surface area contributed by atoms with Gasteiger partial charge in [-0.15, -0.1) is 0 Å². The number of carbonyl (C=O) groups is 1. The molecule has 2 heterocycles. The molecule has 9 nitrogen and oxygen atoms in total. The van der Waals surface area contributed by atoms with Gasteiger partial charge in [0.15, 0.2) is 0 Å². The van der Waals surface area contributed by atoms with Crippen LogP contribution in [0.4, 0.5) is 23.1 Å². The van der Waals surface area contributed by atoms with E-state index in [1.165, 1.54) is 0 Å². The number of nitrogens with two attached hydrogens (primary N) is 1. The fourth-order valence-corrected chi connectivity index (χ4v) is 2.77. The van der Waals surface area contributed by atoms with Gasteiger partial charge in [0.05, 0.1) is 15.0 Å². The fraction of sp³-hybridized carbons (Fsp3) is 0.214. The van der Waals surface area contributed by atoms with Crippen LogP contribution >= 0.6 is 23.2 Å². The highest BCUT2D eigenvalue weighted by atomic mass is 35.5. The summed E-state index contributed by atoms with van der Waals surface area (Å²) in [5.41, 5.74) is 5.77. The van der Waals surface area contributed by atoms with E-state index in [1.807, 2.05) is 0 Å². The van der Waals surface area contributed by atoms with Gasteiger partial charge in [-0.3, -0.25) is 14.9 Å². The number of nitrogens with one attached hydrogen (secondary N) is 1. The average molecular weight is 383 g/mol. The molecule has 3 rings (SSSR count). The number of aromatic nitrogens is 2. The van der Waals surface area contributed by atoms with Crippen molar-refractivity contribution in [3.8, 4) is 0 Å². The standard InChI is InChI=1S/C14H12Cl2N6O3/c15-8-2-1-7(5-9(8)16)21-4-3-10(13(21)23)19-14-18-6-11(22(24)25)12(17)20-14/h1-2,5-6,10H,3-4H2,(H3,17,18,19,20). The third-order valence-electron chi connectivity index (χ3n) is 3.72. The zero-order chi connectivity index (χ0) is 18.1. The number of nitro groups is 1. The predicted octanol–water partition coefficient (Wildman–Crippen LogP) is 2.49. The number of hydrogen-bond donors (Lipinski definition) is 2. The molecule has 1 aromatic heterocycles. The van der Waals surface area contributed by atoms with E-state index in [0.717, 1.165) is 6.20 Å². The molecule has 1 aromatic carbocycles. The molecule has 1 amide bonds. The maximum absolute atomic E-state index is 12.6. The van der Waals surface area contributed by atoms with Gasteiger partial charge < -0.3 is 16.0 Å². The highest BCUT2D eigenvalue weighted by Gasteiger charge is 2.33. The molecule has 2 aromatic rings. The van der Waals surface area contributed by atoms with Crippen molar-refractivity contribution in [2.45, 2.75) is 12.5 Å². The van der Waals surface area contributed by atoms with E-state index >= 15 is 0 Å². The van der Waals surface area contributed by atoms with Gasteiger partial charge in [0, 0.05) is 12.2 Å². The molecule has 1 aliphatic rings. The second-order valence-electron chi connectivity index (χ2n) is 5.30. The first kappa shape index (κ1) is 17.2. The number of hydrogen-bond acceptors (Lipinski definition) is 7. The number of anilines is 3. The van der Waals surface area contributed by atoms with Crippen molar-refractivity contribution >= 4 is 52.3 Å². The zero-order valence-electron chi connectivity index (χ0n) is 12.6. The Morgan fingerprint density at radius 1 is 1.36 bits per heavy atom. The Morgan fingerprint density at radius 2 is 2.12 bits per heavy atom. The largest absolute Gasteiger partial charge is 0.378 e. The minimum atomic E-state index is -0.675. The second kappa shape index (κ2) is 6.69. The van der Waals surface area contributed by atoms with Gasteiger partial charge in [0.1, 0.15) is 12.2 Å². The van der Waals surface area contributed by atoms with Crippen molar-refractivity contribution < 1.29 is 9.72 Å². The number of nitrogen functional groups attached to an aromatic ring is 1. The second-order valence-corrected chi connectivity index (χ2v) is 6.11. The first-order valence-electron chi connectivity index (χ1n) is 7.16. The quantitative estimate of drug-likeness (QED) is 0.613. The molecule has 0 aliphatic carbocycles. The molecule has 1 unspecified atom stereocenters. The van der Waals surface area contributed by atoms with Crippen molar-refractivity contribution in [1.82, 2.24) is 9.97 Å². The van der Waals surface area contributed by atoms with E-state index in [9.17, 15) is 14.9 Å². The van der Waals surface area contributed by atoms with Crippen LogP contribution in [-0.2, 0) is 4.79 Å². The number of halogens is 2. The van der Waals surface area contributed by atoms with Gasteiger partial charge in [0.2, 0.25) is 17.7 Å². The maximum Gasteiger partial charge on any atom is 0.329 e. The Hall–Kier alpha value is -2.65. The Balaban J connectivity index is 1.75. The van der Waals surface area contributed by atoms with E-state index in [2.05, 4.69) is 15.3 Å². The van der Waals surface area contributed by atoms with Gasteiger partial charge in [-0.25, -0.2) is 4.98 Å². The van der Waals surface area contributed by atoms with Crippen LogP contribution in [0.25, 0.3) is 0 Å². The van der Waals surface area contributed by atoms with E-state index in [0.29, 0.717) is 28.7 Å². The third kappa shape index (κ3) is 3.42. The third-order valence-corrected chi connectivity index (χ3v) is 4.46. The Kier molecular flexibility index (Phi) is 4.60. The van der Waals surface area contributed by atoms with E-state index < -0.39 is 11.0 Å². The Labute approximate surface area is 151 Å². The predicted molar refractivity (Wildman–Crippen MR) is 93.9 cm³/mol. The molecule has 25 heavy (non-hydrogen) atoms. The fourth-order valence-electron chi connectivity index (χ4n) is 2.48. The normalized spacial score (nSPS) is 17.0. The summed E-state index contributed by atoms with van der Waals surface area (Å²) < 4.78 is 0. The highest BCUT2D eigenvalue weighted by Crippen LogP contribution is 2.30. The topological polar surface area (TPSA) is 127 Å². The van der Waals surface area contributed by atoms with E-state index in [-0.39, 0.29) is 23.4 Å².